The van der Waals surface area contributed by atoms with Gasteiger partial charge in [-0.3, -0.25) is 9.78 Å². The highest BCUT2D eigenvalue weighted by atomic mass is 19.4. The van der Waals surface area contributed by atoms with Gasteiger partial charge in [-0.05, 0) is 49.4 Å². The highest BCUT2D eigenvalue weighted by Gasteiger charge is 2.36. The summed E-state index contributed by atoms with van der Waals surface area (Å²) in [7, 11) is 0. The Morgan fingerprint density at radius 2 is 1.97 bits per heavy atom. The molecule has 0 bridgehead atoms. The van der Waals surface area contributed by atoms with E-state index >= 15 is 0 Å². The van der Waals surface area contributed by atoms with E-state index < -0.39 is 17.3 Å². The van der Waals surface area contributed by atoms with E-state index in [9.17, 15) is 23.1 Å². The molecule has 0 unspecified atom stereocenters. The minimum atomic E-state index is -4.48. The molecule has 4 rings (SSSR count). The van der Waals surface area contributed by atoms with Crippen molar-refractivity contribution in [3.63, 3.8) is 0 Å². The lowest BCUT2D eigenvalue weighted by Gasteiger charge is -2.39. The average molecular weight is 450 g/mol. The van der Waals surface area contributed by atoms with Crippen molar-refractivity contribution in [3.8, 4) is 0 Å². The molecule has 2 N–H and O–H groups in total. The molecule has 5 nitrogen and oxygen atoms in total. The number of nitrogens with zero attached hydrogens (tertiary/aromatic N) is 2. The van der Waals surface area contributed by atoms with Crippen molar-refractivity contribution in [2.45, 2.75) is 69.7 Å². The first kappa shape index (κ1) is 22.8. The molecule has 32 heavy (non-hydrogen) atoms. The minimum Gasteiger partial charge on any atom is -0.389 e. The maximum absolute atomic E-state index is 13.5. The third-order valence-electron chi connectivity index (χ3n) is 6.69. The van der Waals surface area contributed by atoms with Crippen LogP contribution < -0.4 is 10.2 Å². The van der Waals surface area contributed by atoms with E-state index in [1.54, 1.807) is 12.1 Å². The summed E-state index contributed by atoms with van der Waals surface area (Å²) in [4.78, 5) is 18.7. The summed E-state index contributed by atoms with van der Waals surface area (Å²) in [6, 6.07) is 5.78. The Bertz CT molecular complexity index is 973. The second-order valence-corrected chi connectivity index (χ2v) is 9.50. The number of aliphatic hydroxyl groups is 1. The average Bonchev–Trinajstić information content (AvgIpc) is 2.71. The molecular weight excluding hydrogens is 419 g/mol. The molecule has 2 fully saturated rings. The van der Waals surface area contributed by atoms with Crippen molar-refractivity contribution in [1.29, 1.82) is 0 Å². The lowest BCUT2D eigenvalue weighted by Crippen LogP contribution is -2.51. The van der Waals surface area contributed by atoms with Crippen molar-refractivity contribution in [1.82, 2.24) is 10.3 Å². The number of halogens is 3. The lowest BCUT2D eigenvalue weighted by atomic mass is 9.82. The van der Waals surface area contributed by atoms with Crippen molar-refractivity contribution in [2.75, 3.05) is 18.0 Å². The summed E-state index contributed by atoms with van der Waals surface area (Å²) >= 11 is 0. The van der Waals surface area contributed by atoms with Gasteiger partial charge in [-0.15, -0.1) is 0 Å². The molecule has 174 valence electrons. The fourth-order valence-electron chi connectivity index (χ4n) is 5.28. The Morgan fingerprint density at radius 3 is 2.69 bits per heavy atom. The van der Waals surface area contributed by atoms with Gasteiger partial charge in [0.15, 0.2) is 0 Å². The molecule has 1 aromatic heterocycles. The molecular formula is C24H30F3N3O2. The van der Waals surface area contributed by atoms with Crippen molar-refractivity contribution in [2.24, 2.45) is 5.92 Å². The summed E-state index contributed by atoms with van der Waals surface area (Å²) in [5.74, 6) is 0.0909. The van der Waals surface area contributed by atoms with Crippen molar-refractivity contribution < 1.29 is 23.1 Å². The van der Waals surface area contributed by atoms with E-state index in [4.69, 9.17) is 0 Å². The monoisotopic (exact) mass is 449 g/mol. The second kappa shape index (κ2) is 8.89. The smallest absolute Gasteiger partial charge is 0.389 e. The molecule has 8 heteroatoms. The first-order valence-corrected chi connectivity index (χ1v) is 11.4. The number of hydrogen-bond donors (Lipinski definition) is 2. The van der Waals surface area contributed by atoms with E-state index in [1.807, 2.05) is 4.90 Å². The Balaban J connectivity index is 1.52. The quantitative estimate of drug-likeness (QED) is 0.712. The number of aromatic nitrogens is 1. The third kappa shape index (κ3) is 5.00. The van der Waals surface area contributed by atoms with Gasteiger partial charge in [-0.1, -0.05) is 26.2 Å². The molecule has 1 amide bonds. The zero-order chi connectivity index (χ0) is 22.9. The van der Waals surface area contributed by atoms with Crippen LogP contribution in [-0.2, 0) is 11.0 Å². The number of fused-ring (bicyclic) bond motifs is 1. The third-order valence-corrected chi connectivity index (χ3v) is 6.69. The van der Waals surface area contributed by atoms with E-state index in [2.05, 4.69) is 17.2 Å². The molecule has 2 aromatic rings. The Labute approximate surface area is 186 Å². The first-order chi connectivity index (χ1) is 15.1. The molecule has 1 saturated heterocycles. The van der Waals surface area contributed by atoms with Gasteiger partial charge < -0.3 is 15.3 Å². The van der Waals surface area contributed by atoms with Gasteiger partial charge in [0.05, 0.1) is 23.1 Å². The number of amides is 1. The molecule has 0 spiro atoms. The van der Waals surface area contributed by atoms with E-state index in [0.717, 1.165) is 31.7 Å². The number of carbonyl (C=O) groups is 1. The molecule has 1 aromatic carbocycles. The van der Waals surface area contributed by atoms with Crippen molar-refractivity contribution >= 4 is 22.5 Å². The summed E-state index contributed by atoms with van der Waals surface area (Å²) < 4.78 is 40.4. The number of benzene rings is 1. The van der Waals surface area contributed by atoms with Crippen LogP contribution in [0.25, 0.3) is 10.9 Å². The number of pyridine rings is 1. The highest BCUT2D eigenvalue weighted by Crippen LogP contribution is 2.38. The van der Waals surface area contributed by atoms with Crippen LogP contribution in [0.4, 0.5) is 18.9 Å². The Morgan fingerprint density at radius 1 is 1.22 bits per heavy atom. The zero-order valence-corrected chi connectivity index (χ0v) is 18.3. The van der Waals surface area contributed by atoms with Crippen molar-refractivity contribution in [3.05, 3.63) is 36.0 Å². The topological polar surface area (TPSA) is 65.5 Å². The van der Waals surface area contributed by atoms with Gasteiger partial charge in [0.2, 0.25) is 5.91 Å². The Kier molecular flexibility index (Phi) is 6.34. The summed E-state index contributed by atoms with van der Waals surface area (Å²) in [6.07, 6.45) is 2.06. The van der Waals surface area contributed by atoms with E-state index in [0.29, 0.717) is 37.0 Å². The number of carbonyl (C=O) groups excluding carboxylic acids is 1. The van der Waals surface area contributed by atoms with Crippen LogP contribution in [0, 0.1) is 5.92 Å². The van der Waals surface area contributed by atoms with Crippen LogP contribution in [0.2, 0.25) is 0 Å². The molecule has 2 atom stereocenters. The maximum Gasteiger partial charge on any atom is 0.418 e. The second-order valence-electron chi connectivity index (χ2n) is 9.50. The van der Waals surface area contributed by atoms with Gasteiger partial charge in [0.25, 0.3) is 0 Å². The first-order valence-electron chi connectivity index (χ1n) is 11.4. The lowest BCUT2D eigenvalue weighted by molar-refractivity contribution is -0.136. The number of hydrogen-bond acceptors (Lipinski definition) is 4. The van der Waals surface area contributed by atoms with E-state index in [1.165, 1.54) is 12.3 Å². The summed E-state index contributed by atoms with van der Waals surface area (Å²) in [5, 5.41) is 14.2. The summed E-state index contributed by atoms with van der Waals surface area (Å²) in [6.45, 7) is 3.26. The van der Waals surface area contributed by atoms with Gasteiger partial charge in [0, 0.05) is 36.4 Å². The number of anilines is 1. The number of nitrogens with one attached hydrogen (secondary N) is 1. The van der Waals surface area contributed by atoms with Crippen LogP contribution >= 0.6 is 0 Å². The van der Waals surface area contributed by atoms with Crippen LogP contribution in [0.5, 0.6) is 0 Å². The largest absolute Gasteiger partial charge is 0.418 e. The molecule has 2 aliphatic rings. The maximum atomic E-state index is 13.5. The standard InChI is InChI=1S/C24H30F3N3O2/c1-16-12-17(29-21(31)13-23(32)9-3-2-4-10-23)15-30(14-16)20-8-7-19(24(25,26)27)22-18(20)6-5-11-28-22/h5-8,11,16-17,32H,2-4,9-10,12-15H2,1H3,(H,29,31)/t16-,17+/m0/s1. The van der Waals surface area contributed by atoms with Gasteiger partial charge in [-0.2, -0.15) is 13.2 Å². The zero-order valence-electron chi connectivity index (χ0n) is 18.3. The highest BCUT2D eigenvalue weighted by molar-refractivity contribution is 5.94. The SMILES string of the molecule is C[C@H]1C[C@@H](NC(=O)CC2(O)CCCCC2)CN(c2ccc(C(F)(F)F)c3ncccc23)C1. The predicted octanol–water partition coefficient (Wildman–Crippen LogP) is 4.67. The summed E-state index contributed by atoms with van der Waals surface area (Å²) in [5.41, 5.74) is -1.03. The molecule has 0 radical (unpaired) electrons. The van der Waals surface area contributed by atoms with E-state index in [-0.39, 0.29) is 29.8 Å². The molecule has 1 saturated carbocycles. The van der Waals surface area contributed by atoms with Crippen LogP contribution in [0.1, 0.15) is 57.4 Å². The molecule has 1 aliphatic carbocycles. The normalized spacial score (nSPS) is 23.8. The number of alkyl halides is 3. The number of rotatable bonds is 4. The fraction of sp³-hybridized carbons (Fsp3) is 0.583. The fourth-order valence-corrected chi connectivity index (χ4v) is 5.28. The molecule has 1 aliphatic heterocycles. The molecule has 2 heterocycles. The Hall–Kier alpha value is -2.35. The van der Waals surface area contributed by atoms with Crippen LogP contribution in [0.15, 0.2) is 30.5 Å². The van der Waals surface area contributed by atoms with Gasteiger partial charge >= 0.3 is 6.18 Å². The van der Waals surface area contributed by atoms with Crippen LogP contribution in [-0.4, -0.2) is 40.7 Å². The van der Waals surface area contributed by atoms with Gasteiger partial charge in [0.1, 0.15) is 0 Å². The number of piperidine rings is 1. The van der Waals surface area contributed by atoms with Crippen LogP contribution in [0.3, 0.4) is 0 Å². The predicted molar refractivity (Wildman–Crippen MR) is 117 cm³/mol. The van der Waals surface area contributed by atoms with Gasteiger partial charge in [-0.25, -0.2) is 0 Å². The minimum absolute atomic E-state index is 0.0594.